The molecule has 0 unspecified atom stereocenters. The monoisotopic (exact) mass is 228 g/mol. The SMILES string of the molecule is COC(=O)[C@@H](C)C1CCC2(CC1)OCCO2. The van der Waals surface area contributed by atoms with Crippen LogP contribution in [0.2, 0.25) is 0 Å². The molecule has 1 atom stereocenters. The number of esters is 1. The van der Waals surface area contributed by atoms with Crippen LogP contribution in [-0.4, -0.2) is 32.1 Å². The maximum Gasteiger partial charge on any atom is 0.308 e. The Morgan fingerprint density at radius 1 is 1.31 bits per heavy atom. The highest BCUT2D eigenvalue weighted by molar-refractivity contribution is 5.72. The number of carbonyl (C=O) groups is 1. The summed E-state index contributed by atoms with van der Waals surface area (Å²) in [5.74, 6) is -0.0318. The molecule has 1 aliphatic carbocycles. The fraction of sp³-hybridized carbons (Fsp3) is 0.917. The van der Waals surface area contributed by atoms with Gasteiger partial charge in [-0.15, -0.1) is 0 Å². The minimum atomic E-state index is -0.327. The van der Waals surface area contributed by atoms with E-state index in [-0.39, 0.29) is 17.7 Å². The van der Waals surface area contributed by atoms with Crippen LogP contribution in [0.1, 0.15) is 32.6 Å². The number of hydrogen-bond donors (Lipinski definition) is 0. The van der Waals surface area contributed by atoms with E-state index in [4.69, 9.17) is 14.2 Å². The molecule has 0 bridgehead atoms. The Labute approximate surface area is 96.2 Å². The zero-order chi connectivity index (χ0) is 11.6. The Bertz CT molecular complexity index is 248. The van der Waals surface area contributed by atoms with E-state index in [1.807, 2.05) is 6.92 Å². The van der Waals surface area contributed by atoms with Gasteiger partial charge in [0.2, 0.25) is 0 Å². The normalized spacial score (nSPS) is 26.9. The van der Waals surface area contributed by atoms with Crippen molar-refractivity contribution in [2.24, 2.45) is 11.8 Å². The third kappa shape index (κ3) is 2.23. The van der Waals surface area contributed by atoms with Crippen molar-refractivity contribution in [2.75, 3.05) is 20.3 Å². The smallest absolute Gasteiger partial charge is 0.308 e. The molecule has 1 spiro atoms. The third-order valence-electron chi connectivity index (χ3n) is 3.89. The quantitative estimate of drug-likeness (QED) is 0.675. The van der Waals surface area contributed by atoms with Gasteiger partial charge in [-0.1, -0.05) is 6.92 Å². The van der Waals surface area contributed by atoms with E-state index in [9.17, 15) is 4.79 Å². The Balaban J connectivity index is 1.87. The molecule has 0 radical (unpaired) electrons. The molecule has 0 aromatic rings. The predicted octanol–water partition coefficient (Wildman–Crippen LogP) is 1.73. The molecular formula is C12H20O4. The molecule has 1 heterocycles. The van der Waals surface area contributed by atoms with E-state index in [0.29, 0.717) is 19.1 Å². The summed E-state index contributed by atoms with van der Waals surface area (Å²) in [6, 6.07) is 0. The van der Waals surface area contributed by atoms with Crippen LogP contribution in [0.25, 0.3) is 0 Å². The number of ether oxygens (including phenoxy) is 3. The molecule has 16 heavy (non-hydrogen) atoms. The molecule has 2 aliphatic rings. The van der Waals surface area contributed by atoms with Crippen molar-refractivity contribution in [1.29, 1.82) is 0 Å². The molecule has 1 saturated carbocycles. The van der Waals surface area contributed by atoms with Crippen molar-refractivity contribution < 1.29 is 19.0 Å². The lowest BCUT2D eigenvalue weighted by molar-refractivity contribution is -0.186. The summed E-state index contributed by atoms with van der Waals surface area (Å²) in [5.41, 5.74) is 0. The van der Waals surface area contributed by atoms with Gasteiger partial charge in [0.05, 0.1) is 26.2 Å². The molecule has 4 nitrogen and oxygen atoms in total. The fourth-order valence-corrected chi connectivity index (χ4v) is 2.74. The first-order valence-electron chi connectivity index (χ1n) is 6.03. The van der Waals surface area contributed by atoms with Crippen molar-refractivity contribution in [3.8, 4) is 0 Å². The molecule has 0 amide bonds. The summed E-state index contributed by atoms with van der Waals surface area (Å²) in [7, 11) is 1.45. The van der Waals surface area contributed by atoms with Crippen molar-refractivity contribution in [3.63, 3.8) is 0 Å². The van der Waals surface area contributed by atoms with Gasteiger partial charge >= 0.3 is 5.97 Å². The molecule has 4 heteroatoms. The largest absolute Gasteiger partial charge is 0.469 e. The van der Waals surface area contributed by atoms with Crippen molar-refractivity contribution in [3.05, 3.63) is 0 Å². The number of carbonyl (C=O) groups excluding carboxylic acids is 1. The summed E-state index contributed by atoms with van der Waals surface area (Å²) >= 11 is 0. The number of hydrogen-bond acceptors (Lipinski definition) is 4. The van der Waals surface area contributed by atoms with Crippen LogP contribution in [0.3, 0.4) is 0 Å². The van der Waals surface area contributed by atoms with E-state index >= 15 is 0 Å². The number of methoxy groups -OCH3 is 1. The van der Waals surface area contributed by atoms with Gasteiger partial charge < -0.3 is 14.2 Å². The minimum absolute atomic E-state index is 0.0104. The summed E-state index contributed by atoms with van der Waals surface area (Å²) in [6.07, 6.45) is 3.77. The summed E-state index contributed by atoms with van der Waals surface area (Å²) in [6.45, 7) is 3.36. The Hall–Kier alpha value is -0.610. The molecule has 0 aromatic heterocycles. The Morgan fingerprint density at radius 2 is 1.88 bits per heavy atom. The van der Waals surface area contributed by atoms with Gasteiger partial charge in [-0.25, -0.2) is 0 Å². The zero-order valence-corrected chi connectivity index (χ0v) is 10.0. The molecule has 1 aliphatic heterocycles. The van der Waals surface area contributed by atoms with Crippen molar-refractivity contribution in [2.45, 2.75) is 38.4 Å². The molecule has 92 valence electrons. The van der Waals surface area contributed by atoms with Crippen LogP contribution in [0, 0.1) is 11.8 Å². The first-order chi connectivity index (χ1) is 7.67. The van der Waals surface area contributed by atoms with Gasteiger partial charge in [-0.05, 0) is 18.8 Å². The van der Waals surface area contributed by atoms with Gasteiger partial charge in [-0.2, -0.15) is 0 Å². The van der Waals surface area contributed by atoms with E-state index in [1.165, 1.54) is 7.11 Å². The van der Waals surface area contributed by atoms with Gasteiger partial charge in [0.25, 0.3) is 0 Å². The van der Waals surface area contributed by atoms with Gasteiger partial charge in [0.15, 0.2) is 5.79 Å². The lowest BCUT2D eigenvalue weighted by atomic mass is 9.78. The molecule has 0 N–H and O–H groups in total. The molecule has 2 fully saturated rings. The van der Waals surface area contributed by atoms with E-state index in [1.54, 1.807) is 0 Å². The zero-order valence-electron chi connectivity index (χ0n) is 10.0. The standard InChI is InChI=1S/C12H20O4/c1-9(11(13)14-2)10-3-5-12(6-4-10)15-7-8-16-12/h9-10H,3-8H2,1-2H3/t9-/m0/s1. The average Bonchev–Trinajstić information content (AvgIpc) is 2.77. The number of rotatable bonds is 2. The van der Waals surface area contributed by atoms with Crippen molar-refractivity contribution in [1.82, 2.24) is 0 Å². The van der Waals surface area contributed by atoms with E-state index in [2.05, 4.69) is 0 Å². The van der Waals surface area contributed by atoms with Crippen LogP contribution in [0.15, 0.2) is 0 Å². The van der Waals surface area contributed by atoms with Crippen LogP contribution < -0.4 is 0 Å². The molecule has 2 rings (SSSR count). The minimum Gasteiger partial charge on any atom is -0.469 e. The molecule has 0 aromatic carbocycles. The van der Waals surface area contributed by atoms with Gasteiger partial charge in [-0.3, -0.25) is 4.79 Å². The third-order valence-corrected chi connectivity index (χ3v) is 3.89. The summed E-state index contributed by atoms with van der Waals surface area (Å²) < 4.78 is 16.1. The van der Waals surface area contributed by atoms with Crippen LogP contribution in [0.5, 0.6) is 0 Å². The maximum atomic E-state index is 11.4. The van der Waals surface area contributed by atoms with Gasteiger partial charge in [0, 0.05) is 12.8 Å². The van der Waals surface area contributed by atoms with Crippen LogP contribution >= 0.6 is 0 Å². The van der Waals surface area contributed by atoms with E-state index in [0.717, 1.165) is 25.7 Å². The first kappa shape index (κ1) is 11.9. The highest BCUT2D eigenvalue weighted by Crippen LogP contribution is 2.40. The predicted molar refractivity (Wildman–Crippen MR) is 57.8 cm³/mol. The summed E-state index contributed by atoms with van der Waals surface area (Å²) in [5, 5.41) is 0. The molecule has 1 saturated heterocycles. The highest BCUT2D eigenvalue weighted by Gasteiger charge is 2.42. The average molecular weight is 228 g/mol. The highest BCUT2D eigenvalue weighted by atomic mass is 16.7. The topological polar surface area (TPSA) is 44.8 Å². The Morgan fingerprint density at radius 3 is 2.38 bits per heavy atom. The second kappa shape index (κ2) is 4.72. The van der Waals surface area contributed by atoms with Crippen LogP contribution in [0.4, 0.5) is 0 Å². The van der Waals surface area contributed by atoms with Crippen molar-refractivity contribution >= 4 is 5.97 Å². The molecular weight excluding hydrogens is 208 g/mol. The van der Waals surface area contributed by atoms with E-state index < -0.39 is 0 Å². The van der Waals surface area contributed by atoms with Crippen LogP contribution in [-0.2, 0) is 19.0 Å². The summed E-state index contributed by atoms with van der Waals surface area (Å²) in [4.78, 5) is 11.4. The maximum absolute atomic E-state index is 11.4. The lowest BCUT2D eigenvalue weighted by Gasteiger charge is -2.36. The lowest BCUT2D eigenvalue weighted by Crippen LogP contribution is -2.37. The second-order valence-electron chi connectivity index (χ2n) is 4.76. The second-order valence-corrected chi connectivity index (χ2v) is 4.76. The fourth-order valence-electron chi connectivity index (χ4n) is 2.74. The Kier molecular flexibility index (Phi) is 3.50. The van der Waals surface area contributed by atoms with Gasteiger partial charge in [0.1, 0.15) is 0 Å². The first-order valence-corrected chi connectivity index (χ1v) is 6.03.